The van der Waals surface area contributed by atoms with E-state index in [1.54, 1.807) is 0 Å². The Hall–Kier alpha value is -0.120. The number of hydrogen-bond acceptors (Lipinski definition) is 3. The molecule has 0 aromatic rings. The number of hydrogen-bond donors (Lipinski definition) is 1. The fraction of sp³-hybridized carbons (Fsp3) is 1.00. The monoisotopic (exact) mass is 199 g/mol. The Morgan fingerprint density at radius 1 is 1.36 bits per heavy atom. The van der Waals surface area contributed by atoms with Crippen molar-refractivity contribution in [3.63, 3.8) is 0 Å². The van der Waals surface area contributed by atoms with Gasteiger partial charge in [0.25, 0.3) is 0 Å². The fourth-order valence-electron chi connectivity index (χ4n) is 2.25. The van der Waals surface area contributed by atoms with E-state index in [1.807, 2.05) is 0 Å². The van der Waals surface area contributed by atoms with Gasteiger partial charge in [-0.3, -0.25) is 0 Å². The van der Waals surface area contributed by atoms with Crippen molar-refractivity contribution in [2.75, 3.05) is 13.2 Å². The van der Waals surface area contributed by atoms with Gasteiger partial charge < -0.3 is 15.2 Å². The average molecular weight is 199 g/mol. The third-order valence-electron chi connectivity index (χ3n) is 3.36. The quantitative estimate of drug-likeness (QED) is 0.742. The van der Waals surface area contributed by atoms with Crippen molar-refractivity contribution in [3.05, 3.63) is 0 Å². The molecule has 3 nitrogen and oxygen atoms in total. The highest BCUT2D eigenvalue weighted by Gasteiger charge is 2.30. The summed E-state index contributed by atoms with van der Waals surface area (Å²) in [5, 5.41) is 0. The highest BCUT2D eigenvalue weighted by atomic mass is 16.5. The fourth-order valence-corrected chi connectivity index (χ4v) is 2.25. The Morgan fingerprint density at radius 3 is 2.71 bits per heavy atom. The third kappa shape index (κ3) is 2.47. The van der Waals surface area contributed by atoms with E-state index >= 15 is 0 Å². The molecular weight excluding hydrogens is 178 g/mol. The van der Waals surface area contributed by atoms with Crippen molar-refractivity contribution in [3.8, 4) is 0 Å². The van der Waals surface area contributed by atoms with Crippen LogP contribution in [0.5, 0.6) is 0 Å². The Morgan fingerprint density at radius 2 is 2.14 bits per heavy atom. The molecule has 3 heteroatoms. The Bertz CT molecular complexity index is 180. The zero-order valence-corrected chi connectivity index (χ0v) is 8.95. The molecule has 82 valence electrons. The van der Waals surface area contributed by atoms with Gasteiger partial charge in [-0.25, -0.2) is 0 Å². The summed E-state index contributed by atoms with van der Waals surface area (Å²) in [5.74, 6) is 0.712. The van der Waals surface area contributed by atoms with Gasteiger partial charge in [-0.05, 0) is 45.1 Å². The van der Waals surface area contributed by atoms with E-state index < -0.39 is 0 Å². The van der Waals surface area contributed by atoms with Crippen LogP contribution in [0, 0.1) is 5.92 Å². The molecule has 2 fully saturated rings. The second-order valence-corrected chi connectivity index (χ2v) is 4.67. The maximum atomic E-state index is 5.76. The van der Waals surface area contributed by atoms with E-state index in [2.05, 4.69) is 6.92 Å². The van der Waals surface area contributed by atoms with Gasteiger partial charge in [-0.1, -0.05) is 0 Å². The molecule has 0 radical (unpaired) electrons. The van der Waals surface area contributed by atoms with Gasteiger partial charge in [0.1, 0.15) is 0 Å². The zero-order valence-electron chi connectivity index (χ0n) is 8.95. The molecule has 0 amide bonds. The van der Waals surface area contributed by atoms with Crippen LogP contribution in [-0.2, 0) is 9.47 Å². The summed E-state index contributed by atoms with van der Waals surface area (Å²) in [5.41, 5.74) is 5.55. The Labute approximate surface area is 85.9 Å². The van der Waals surface area contributed by atoms with Crippen molar-refractivity contribution in [2.45, 2.75) is 50.9 Å². The van der Waals surface area contributed by atoms with Crippen LogP contribution in [0.3, 0.4) is 0 Å². The molecule has 2 atom stereocenters. The van der Waals surface area contributed by atoms with Gasteiger partial charge in [0.15, 0.2) is 0 Å². The molecule has 1 aliphatic heterocycles. The molecule has 2 aliphatic rings. The predicted octanol–water partition coefficient (Wildman–Crippen LogP) is 1.31. The highest BCUT2D eigenvalue weighted by Crippen LogP contribution is 2.30. The van der Waals surface area contributed by atoms with E-state index in [4.69, 9.17) is 15.2 Å². The van der Waals surface area contributed by atoms with Crippen molar-refractivity contribution >= 4 is 0 Å². The summed E-state index contributed by atoms with van der Waals surface area (Å²) in [6.07, 6.45) is 5.89. The first-order valence-electron chi connectivity index (χ1n) is 5.75. The van der Waals surface area contributed by atoms with Crippen molar-refractivity contribution in [1.29, 1.82) is 0 Å². The minimum absolute atomic E-state index is 0.349. The maximum absolute atomic E-state index is 5.76. The van der Waals surface area contributed by atoms with Crippen molar-refractivity contribution < 1.29 is 9.47 Å². The first kappa shape index (κ1) is 10.4. The lowest BCUT2D eigenvalue weighted by molar-refractivity contribution is -0.0761. The van der Waals surface area contributed by atoms with Gasteiger partial charge in [0, 0.05) is 0 Å². The van der Waals surface area contributed by atoms with Gasteiger partial charge >= 0.3 is 0 Å². The summed E-state index contributed by atoms with van der Waals surface area (Å²) in [6, 6.07) is 0. The second kappa shape index (κ2) is 4.60. The Balaban J connectivity index is 1.56. The molecule has 1 saturated heterocycles. The minimum atomic E-state index is 0.349. The summed E-state index contributed by atoms with van der Waals surface area (Å²) in [6.45, 7) is 3.73. The summed E-state index contributed by atoms with van der Waals surface area (Å²) < 4.78 is 11.4. The lowest BCUT2D eigenvalue weighted by Gasteiger charge is -2.34. The van der Waals surface area contributed by atoms with Crippen LogP contribution in [-0.4, -0.2) is 31.5 Å². The molecule has 0 spiro atoms. The lowest BCUT2D eigenvalue weighted by Crippen LogP contribution is -2.37. The van der Waals surface area contributed by atoms with Crippen LogP contribution in [0.15, 0.2) is 0 Å². The van der Waals surface area contributed by atoms with E-state index in [1.165, 1.54) is 6.42 Å². The molecule has 14 heavy (non-hydrogen) atoms. The van der Waals surface area contributed by atoms with Crippen molar-refractivity contribution in [2.24, 2.45) is 11.7 Å². The topological polar surface area (TPSA) is 44.5 Å². The van der Waals surface area contributed by atoms with Crippen LogP contribution in [0.4, 0.5) is 0 Å². The van der Waals surface area contributed by atoms with E-state index in [0.717, 1.165) is 32.4 Å². The average Bonchev–Trinajstić information content (AvgIpc) is 2.49. The molecule has 0 aromatic heterocycles. The smallest absolute Gasteiger partial charge is 0.0813 e. The minimum Gasteiger partial charge on any atom is -0.376 e. The van der Waals surface area contributed by atoms with E-state index in [9.17, 15) is 0 Å². The van der Waals surface area contributed by atoms with Crippen molar-refractivity contribution in [1.82, 2.24) is 0 Å². The van der Waals surface area contributed by atoms with E-state index in [0.29, 0.717) is 24.2 Å². The standard InChI is InChI=1S/C11H21NO2/c1-8-2-3-10(14-8)7-13-11-4-9(5-11)6-12/h8-11H,2-7,12H2,1H3. The van der Waals surface area contributed by atoms with Crippen LogP contribution in [0.1, 0.15) is 32.6 Å². The molecule has 2 unspecified atom stereocenters. The van der Waals surface area contributed by atoms with Crippen LogP contribution >= 0.6 is 0 Å². The predicted molar refractivity (Wildman–Crippen MR) is 55.1 cm³/mol. The zero-order chi connectivity index (χ0) is 9.97. The SMILES string of the molecule is CC1CCC(COC2CC(CN)C2)O1. The molecule has 1 heterocycles. The molecule has 1 aliphatic carbocycles. The van der Waals surface area contributed by atoms with Crippen LogP contribution < -0.4 is 5.73 Å². The second-order valence-electron chi connectivity index (χ2n) is 4.67. The number of rotatable bonds is 4. The highest BCUT2D eigenvalue weighted by molar-refractivity contribution is 4.81. The van der Waals surface area contributed by atoms with Gasteiger partial charge in [0.2, 0.25) is 0 Å². The maximum Gasteiger partial charge on any atom is 0.0813 e. The van der Waals surface area contributed by atoms with Crippen LogP contribution in [0.25, 0.3) is 0 Å². The molecule has 0 bridgehead atoms. The first-order valence-corrected chi connectivity index (χ1v) is 5.75. The summed E-state index contributed by atoms with van der Waals surface area (Å²) in [7, 11) is 0. The molecule has 2 N–H and O–H groups in total. The van der Waals surface area contributed by atoms with Gasteiger partial charge in [-0.15, -0.1) is 0 Å². The molecular formula is C11H21NO2. The summed E-state index contributed by atoms with van der Waals surface area (Å²) >= 11 is 0. The number of ether oxygens (including phenoxy) is 2. The Kier molecular flexibility index (Phi) is 3.42. The summed E-state index contributed by atoms with van der Waals surface area (Å²) in [4.78, 5) is 0. The van der Waals surface area contributed by atoms with Crippen LogP contribution in [0.2, 0.25) is 0 Å². The van der Waals surface area contributed by atoms with E-state index in [-0.39, 0.29) is 0 Å². The lowest BCUT2D eigenvalue weighted by atomic mass is 9.82. The normalized spacial score (nSPS) is 42.4. The van der Waals surface area contributed by atoms with Gasteiger partial charge in [0.05, 0.1) is 24.9 Å². The molecule has 2 rings (SSSR count). The van der Waals surface area contributed by atoms with Gasteiger partial charge in [-0.2, -0.15) is 0 Å². The first-order chi connectivity index (χ1) is 6.78. The molecule has 1 saturated carbocycles. The largest absolute Gasteiger partial charge is 0.376 e. The molecule has 0 aromatic carbocycles. The number of nitrogens with two attached hydrogens (primary N) is 1. The third-order valence-corrected chi connectivity index (χ3v) is 3.36.